The minimum atomic E-state index is -0.931. The van der Waals surface area contributed by atoms with Gasteiger partial charge in [-0.15, -0.1) is 0 Å². The van der Waals surface area contributed by atoms with Gasteiger partial charge in [0.25, 0.3) is 0 Å². The molecule has 0 aromatic heterocycles. The largest absolute Gasteiger partial charge is 0.480 e. The number of carbonyl (C=O) groups excluding carboxylic acids is 1. The van der Waals surface area contributed by atoms with Crippen molar-refractivity contribution >= 4 is 11.9 Å². The van der Waals surface area contributed by atoms with Crippen LogP contribution >= 0.6 is 0 Å². The molecule has 21 heavy (non-hydrogen) atoms. The van der Waals surface area contributed by atoms with Crippen molar-refractivity contribution in [2.24, 2.45) is 0 Å². The Kier molecular flexibility index (Phi) is 3.92. The maximum atomic E-state index is 12.9. The molecule has 0 spiro atoms. The van der Waals surface area contributed by atoms with Crippen molar-refractivity contribution in [2.45, 2.75) is 31.2 Å². The lowest BCUT2D eigenvalue weighted by molar-refractivity contribution is -0.152. The third-order valence-electron chi connectivity index (χ3n) is 4.48. The topological polar surface area (TPSA) is 69.6 Å². The molecule has 5 nitrogen and oxygen atoms in total. The molecule has 2 atom stereocenters. The molecule has 1 aromatic rings. The molecule has 1 aliphatic heterocycles. The van der Waals surface area contributed by atoms with Crippen LogP contribution in [0.1, 0.15) is 29.9 Å². The van der Waals surface area contributed by atoms with Crippen LogP contribution in [-0.4, -0.2) is 47.6 Å². The van der Waals surface area contributed by atoms with Crippen molar-refractivity contribution < 1.29 is 14.7 Å². The molecule has 5 heteroatoms. The van der Waals surface area contributed by atoms with E-state index >= 15 is 0 Å². The number of aliphatic carboxylic acids is 1. The number of piperazine rings is 1. The van der Waals surface area contributed by atoms with Gasteiger partial charge in [0.2, 0.25) is 5.91 Å². The van der Waals surface area contributed by atoms with E-state index in [4.69, 9.17) is 0 Å². The highest BCUT2D eigenvalue weighted by atomic mass is 16.4. The lowest BCUT2D eigenvalue weighted by atomic mass is 9.81. The van der Waals surface area contributed by atoms with Crippen LogP contribution < -0.4 is 5.32 Å². The molecule has 0 saturated carbocycles. The fourth-order valence-corrected chi connectivity index (χ4v) is 3.40. The number of nitrogens with one attached hydrogen (secondary N) is 1. The summed E-state index contributed by atoms with van der Waals surface area (Å²) in [5.74, 6) is -1.15. The van der Waals surface area contributed by atoms with Crippen molar-refractivity contribution in [3.05, 3.63) is 35.4 Å². The molecule has 2 N–H and O–H groups in total. The van der Waals surface area contributed by atoms with Gasteiger partial charge in [0.05, 0.1) is 5.92 Å². The van der Waals surface area contributed by atoms with Crippen molar-refractivity contribution in [1.29, 1.82) is 0 Å². The smallest absolute Gasteiger partial charge is 0.327 e. The quantitative estimate of drug-likeness (QED) is 0.851. The molecule has 1 heterocycles. The first-order valence-electron chi connectivity index (χ1n) is 7.50. The molecule has 2 unspecified atom stereocenters. The van der Waals surface area contributed by atoms with E-state index in [2.05, 4.69) is 11.4 Å². The molecule has 0 radical (unpaired) electrons. The summed E-state index contributed by atoms with van der Waals surface area (Å²) in [4.78, 5) is 25.8. The first-order chi connectivity index (χ1) is 10.2. The Morgan fingerprint density at radius 2 is 2.10 bits per heavy atom. The van der Waals surface area contributed by atoms with E-state index in [9.17, 15) is 14.7 Å². The Labute approximate surface area is 123 Å². The van der Waals surface area contributed by atoms with E-state index in [0.29, 0.717) is 19.6 Å². The third kappa shape index (κ3) is 2.65. The summed E-state index contributed by atoms with van der Waals surface area (Å²) in [5.41, 5.74) is 2.31. The number of amides is 1. The number of fused-ring (bicyclic) bond motifs is 1. The van der Waals surface area contributed by atoms with Crippen molar-refractivity contribution in [3.8, 4) is 0 Å². The second kappa shape index (κ2) is 5.85. The standard InChI is InChI=1S/C16H20N2O3/c19-15(18-9-8-17-10-14(18)16(20)21)13-7-3-5-11-4-1-2-6-12(11)13/h1-2,4,6,13-14,17H,3,5,7-10H2,(H,20,21). The zero-order chi connectivity index (χ0) is 14.8. The number of hydrogen-bond donors (Lipinski definition) is 2. The van der Waals surface area contributed by atoms with E-state index in [0.717, 1.165) is 24.8 Å². The lowest BCUT2D eigenvalue weighted by Crippen LogP contribution is -2.58. The SMILES string of the molecule is O=C(O)C1CNCCN1C(=O)C1CCCc2ccccc21. The molecule has 0 bridgehead atoms. The first kappa shape index (κ1) is 14.1. The molecule has 1 fully saturated rings. The lowest BCUT2D eigenvalue weighted by Gasteiger charge is -2.37. The zero-order valence-corrected chi connectivity index (χ0v) is 11.9. The van der Waals surface area contributed by atoms with E-state index in [-0.39, 0.29) is 11.8 Å². The number of nitrogens with zero attached hydrogens (tertiary/aromatic N) is 1. The van der Waals surface area contributed by atoms with Gasteiger partial charge in [0.1, 0.15) is 6.04 Å². The number of carboxylic acid groups (broad SMARTS) is 1. The predicted molar refractivity (Wildman–Crippen MR) is 78.1 cm³/mol. The van der Waals surface area contributed by atoms with Crippen LogP contribution in [0.15, 0.2) is 24.3 Å². The van der Waals surface area contributed by atoms with Crippen molar-refractivity contribution in [2.75, 3.05) is 19.6 Å². The average molecular weight is 288 g/mol. The van der Waals surface area contributed by atoms with E-state index in [1.807, 2.05) is 18.2 Å². The minimum absolute atomic E-state index is 0.0314. The second-order valence-electron chi connectivity index (χ2n) is 5.73. The highest BCUT2D eigenvalue weighted by molar-refractivity contribution is 5.89. The van der Waals surface area contributed by atoms with Crippen LogP contribution in [0, 0.1) is 0 Å². The van der Waals surface area contributed by atoms with E-state index < -0.39 is 12.0 Å². The van der Waals surface area contributed by atoms with E-state index in [1.165, 1.54) is 5.56 Å². The number of aryl methyl sites for hydroxylation is 1. The highest BCUT2D eigenvalue weighted by Crippen LogP contribution is 2.33. The maximum Gasteiger partial charge on any atom is 0.327 e. The number of hydrogen-bond acceptors (Lipinski definition) is 3. The molecular formula is C16H20N2O3. The summed E-state index contributed by atoms with van der Waals surface area (Å²) in [6.07, 6.45) is 2.80. The Morgan fingerprint density at radius 3 is 2.90 bits per heavy atom. The van der Waals surface area contributed by atoms with Gasteiger partial charge in [-0.3, -0.25) is 4.79 Å². The van der Waals surface area contributed by atoms with Gasteiger partial charge in [-0.25, -0.2) is 4.79 Å². The molecule has 112 valence electrons. The third-order valence-corrected chi connectivity index (χ3v) is 4.48. The molecule has 1 saturated heterocycles. The summed E-state index contributed by atoms with van der Waals surface area (Å²) in [6.45, 7) is 1.45. The molecule has 2 aliphatic rings. The summed E-state index contributed by atoms with van der Waals surface area (Å²) in [7, 11) is 0. The maximum absolute atomic E-state index is 12.9. The van der Waals surface area contributed by atoms with Gasteiger partial charge in [-0.05, 0) is 30.4 Å². The Morgan fingerprint density at radius 1 is 1.29 bits per heavy atom. The number of carbonyl (C=O) groups is 2. The van der Waals surface area contributed by atoms with Crippen LogP contribution in [0.3, 0.4) is 0 Å². The van der Waals surface area contributed by atoms with Crippen LogP contribution in [0.2, 0.25) is 0 Å². The summed E-state index contributed by atoms with van der Waals surface area (Å²) >= 11 is 0. The molecule has 1 aliphatic carbocycles. The van der Waals surface area contributed by atoms with Gasteiger partial charge in [0.15, 0.2) is 0 Å². The van der Waals surface area contributed by atoms with E-state index in [1.54, 1.807) is 4.90 Å². The number of benzene rings is 1. The van der Waals surface area contributed by atoms with Gasteiger partial charge in [-0.2, -0.15) is 0 Å². The Balaban J connectivity index is 1.86. The summed E-state index contributed by atoms with van der Waals surface area (Å²) < 4.78 is 0. The van der Waals surface area contributed by atoms with Crippen LogP contribution in [-0.2, 0) is 16.0 Å². The van der Waals surface area contributed by atoms with Crippen LogP contribution in [0.25, 0.3) is 0 Å². The van der Waals surface area contributed by atoms with Crippen LogP contribution in [0.4, 0.5) is 0 Å². The molecular weight excluding hydrogens is 268 g/mol. The normalized spacial score (nSPS) is 25.2. The second-order valence-corrected chi connectivity index (χ2v) is 5.73. The number of rotatable bonds is 2. The predicted octanol–water partition coefficient (Wildman–Crippen LogP) is 0.992. The molecule has 1 amide bonds. The molecule has 3 rings (SSSR count). The first-order valence-corrected chi connectivity index (χ1v) is 7.50. The Bertz CT molecular complexity index is 558. The fourth-order valence-electron chi connectivity index (χ4n) is 3.40. The van der Waals surface area contributed by atoms with Gasteiger partial charge in [-0.1, -0.05) is 24.3 Å². The molecule has 1 aromatic carbocycles. The minimum Gasteiger partial charge on any atom is -0.480 e. The average Bonchev–Trinajstić information content (AvgIpc) is 2.53. The van der Waals surface area contributed by atoms with Gasteiger partial charge in [0, 0.05) is 19.6 Å². The van der Waals surface area contributed by atoms with Crippen LogP contribution in [0.5, 0.6) is 0 Å². The highest BCUT2D eigenvalue weighted by Gasteiger charge is 2.37. The summed E-state index contributed by atoms with van der Waals surface area (Å²) in [6, 6.07) is 7.28. The number of carboxylic acids is 1. The zero-order valence-electron chi connectivity index (χ0n) is 11.9. The van der Waals surface area contributed by atoms with Crippen molar-refractivity contribution in [3.63, 3.8) is 0 Å². The van der Waals surface area contributed by atoms with Gasteiger partial charge >= 0.3 is 5.97 Å². The Hall–Kier alpha value is -1.88. The summed E-state index contributed by atoms with van der Waals surface area (Å²) in [5, 5.41) is 12.4. The van der Waals surface area contributed by atoms with Crippen molar-refractivity contribution in [1.82, 2.24) is 10.2 Å². The fraction of sp³-hybridized carbons (Fsp3) is 0.500. The monoisotopic (exact) mass is 288 g/mol. The van der Waals surface area contributed by atoms with Gasteiger partial charge < -0.3 is 15.3 Å².